The monoisotopic (exact) mass is 310 g/mol. The molecule has 0 unspecified atom stereocenters. The first-order valence-electron chi connectivity index (χ1n) is 7.31. The Morgan fingerprint density at radius 3 is 2.62 bits per heavy atom. The molecule has 0 amide bonds. The van der Waals surface area contributed by atoms with Crippen molar-refractivity contribution in [1.29, 1.82) is 0 Å². The smallest absolute Gasteiger partial charge is 0.145 e. The van der Waals surface area contributed by atoms with E-state index in [1.165, 1.54) is 0 Å². The molecule has 0 saturated heterocycles. The third-order valence-electron chi connectivity index (χ3n) is 3.43. The van der Waals surface area contributed by atoms with Gasteiger partial charge in [-0.25, -0.2) is 0 Å². The molecule has 0 aromatic heterocycles. The second-order valence-electron chi connectivity index (χ2n) is 6.12. The molecule has 1 aromatic rings. The Labute approximate surface area is 131 Å². The minimum Gasteiger partial charge on any atom is -0.390 e. The normalized spacial score (nSPS) is 18.8. The zero-order valence-electron chi connectivity index (χ0n) is 12.8. The van der Waals surface area contributed by atoms with Gasteiger partial charge < -0.3 is 9.94 Å². The summed E-state index contributed by atoms with van der Waals surface area (Å²) >= 11 is 5.89. The number of hydrogen-bond donors (Lipinski definition) is 1. The Morgan fingerprint density at radius 2 is 2.05 bits per heavy atom. The number of oxime groups is 1. The SMILES string of the molecule is CCN(C[C@@H]1CC(c2ccc(Cl)cc2)=NO1)CC(C)(C)O. The lowest BCUT2D eigenvalue weighted by Gasteiger charge is -2.29. The van der Waals surface area contributed by atoms with Gasteiger partial charge in [0.05, 0.1) is 11.3 Å². The fourth-order valence-electron chi connectivity index (χ4n) is 2.48. The molecule has 1 aliphatic rings. The van der Waals surface area contributed by atoms with Gasteiger partial charge in [0.25, 0.3) is 0 Å². The summed E-state index contributed by atoms with van der Waals surface area (Å²) in [6.45, 7) is 7.99. The van der Waals surface area contributed by atoms with Gasteiger partial charge in [0.2, 0.25) is 0 Å². The number of rotatable bonds is 6. The molecule has 5 heteroatoms. The van der Waals surface area contributed by atoms with Crippen LogP contribution in [0, 0.1) is 0 Å². The summed E-state index contributed by atoms with van der Waals surface area (Å²) in [6, 6.07) is 7.64. The number of nitrogens with zero attached hydrogens (tertiary/aromatic N) is 2. The second-order valence-corrected chi connectivity index (χ2v) is 6.55. The third kappa shape index (κ3) is 4.99. The molecule has 1 atom stereocenters. The molecule has 0 spiro atoms. The van der Waals surface area contributed by atoms with Crippen LogP contribution >= 0.6 is 11.6 Å². The van der Waals surface area contributed by atoms with Crippen LogP contribution in [0.4, 0.5) is 0 Å². The molecular weight excluding hydrogens is 288 g/mol. The number of benzene rings is 1. The largest absolute Gasteiger partial charge is 0.390 e. The Bertz CT molecular complexity index is 494. The highest BCUT2D eigenvalue weighted by molar-refractivity contribution is 6.30. The van der Waals surface area contributed by atoms with E-state index in [4.69, 9.17) is 16.4 Å². The van der Waals surface area contributed by atoms with Crippen molar-refractivity contribution in [2.24, 2.45) is 5.16 Å². The van der Waals surface area contributed by atoms with Gasteiger partial charge in [0.15, 0.2) is 0 Å². The molecule has 1 aliphatic heterocycles. The van der Waals surface area contributed by atoms with Crippen LogP contribution < -0.4 is 0 Å². The fourth-order valence-corrected chi connectivity index (χ4v) is 2.61. The number of likely N-dealkylation sites (N-methyl/N-ethyl adjacent to an activating group) is 1. The van der Waals surface area contributed by atoms with Gasteiger partial charge in [0, 0.05) is 24.5 Å². The lowest BCUT2D eigenvalue weighted by molar-refractivity contribution is 0.00699. The lowest BCUT2D eigenvalue weighted by Crippen LogP contribution is -2.42. The van der Waals surface area contributed by atoms with E-state index in [2.05, 4.69) is 17.0 Å². The Kier molecular flexibility index (Phi) is 5.25. The van der Waals surface area contributed by atoms with Crippen LogP contribution in [-0.4, -0.2) is 47.1 Å². The van der Waals surface area contributed by atoms with Crippen molar-refractivity contribution in [3.05, 3.63) is 34.9 Å². The first kappa shape index (κ1) is 16.3. The molecule has 2 rings (SSSR count). The van der Waals surface area contributed by atoms with Gasteiger partial charge in [-0.3, -0.25) is 4.90 Å². The summed E-state index contributed by atoms with van der Waals surface area (Å²) in [5.41, 5.74) is 1.30. The van der Waals surface area contributed by atoms with Gasteiger partial charge in [-0.1, -0.05) is 35.8 Å². The molecular formula is C16H23ClN2O2. The number of halogens is 1. The van der Waals surface area contributed by atoms with E-state index in [1.807, 2.05) is 38.1 Å². The van der Waals surface area contributed by atoms with Crippen molar-refractivity contribution in [3.63, 3.8) is 0 Å². The van der Waals surface area contributed by atoms with E-state index in [0.717, 1.165) is 35.8 Å². The maximum Gasteiger partial charge on any atom is 0.145 e. The van der Waals surface area contributed by atoms with E-state index in [1.54, 1.807) is 0 Å². The van der Waals surface area contributed by atoms with Crippen LogP contribution in [0.25, 0.3) is 0 Å². The summed E-state index contributed by atoms with van der Waals surface area (Å²) in [6.07, 6.45) is 0.822. The van der Waals surface area contributed by atoms with Gasteiger partial charge in [0.1, 0.15) is 6.10 Å². The molecule has 0 saturated carbocycles. The minimum atomic E-state index is -0.700. The molecule has 1 aromatic carbocycles. The maximum atomic E-state index is 9.93. The predicted molar refractivity (Wildman–Crippen MR) is 85.9 cm³/mol. The van der Waals surface area contributed by atoms with Crippen molar-refractivity contribution in [2.75, 3.05) is 19.6 Å². The first-order chi connectivity index (χ1) is 9.87. The van der Waals surface area contributed by atoms with Gasteiger partial charge in [-0.15, -0.1) is 0 Å². The number of aliphatic hydroxyl groups is 1. The van der Waals surface area contributed by atoms with Crippen molar-refractivity contribution < 1.29 is 9.94 Å². The summed E-state index contributed by atoms with van der Waals surface area (Å²) in [7, 11) is 0. The molecule has 0 bridgehead atoms. The van der Waals surface area contributed by atoms with Crippen LogP contribution in [0.15, 0.2) is 29.4 Å². The van der Waals surface area contributed by atoms with Gasteiger partial charge in [-0.2, -0.15) is 0 Å². The van der Waals surface area contributed by atoms with Crippen LogP contribution in [0.1, 0.15) is 32.8 Å². The highest BCUT2D eigenvalue weighted by atomic mass is 35.5. The topological polar surface area (TPSA) is 45.1 Å². The molecule has 1 N–H and O–H groups in total. The van der Waals surface area contributed by atoms with Gasteiger partial charge >= 0.3 is 0 Å². The van der Waals surface area contributed by atoms with Crippen molar-refractivity contribution in [2.45, 2.75) is 38.9 Å². The lowest BCUT2D eigenvalue weighted by atomic mass is 10.0. The average Bonchev–Trinajstić information content (AvgIpc) is 2.85. The van der Waals surface area contributed by atoms with Crippen LogP contribution in [0.3, 0.4) is 0 Å². The van der Waals surface area contributed by atoms with Crippen LogP contribution in [0.5, 0.6) is 0 Å². The maximum absolute atomic E-state index is 9.93. The number of hydrogen-bond acceptors (Lipinski definition) is 4. The van der Waals surface area contributed by atoms with E-state index < -0.39 is 5.60 Å². The summed E-state index contributed by atoms with van der Waals surface area (Å²) < 4.78 is 0. The van der Waals surface area contributed by atoms with E-state index in [9.17, 15) is 5.11 Å². The van der Waals surface area contributed by atoms with E-state index >= 15 is 0 Å². The van der Waals surface area contributed by atoms with Crippen molar-refractivity contribution in [3.8, 4) is 0 Å². The zero-order valence-corrected chi connectivity index (χ0v) is 13.6. The van der Waals surface area contributed by atoms with E-state index in [-0.39, 0.29) is 6.10 Å². The summed E-state index contributed by atoms with van der Waals surface area (Å²) in [4.78, 5) is 7.71. The molecule has 4 nitrogen and oxygen atoms in total. The Morgan fingerprint density at radius 1 is 1.38 bits per heavy atom. The standard InChI is InChI=1S/C16H23ClN2O2/c1-4-19(11-16(2,3)20)10-14-9-15(18-21-14)12-5-7-13(17)8-6-12/h5-8,14,20H,4,9-11H2,1-3H3/t14-/m0/s1. The van der Waals surface area contributed by atoms with Crippen molar-refractivity contribution in [1.82, 2.24) is 4.90 Å². The molecule has 0 radical (unpaired) electrons. The molecule has 0 fully saturated rings. The first-order valence-corrected chi connectivity index (χ1v) is 7.68. The van der Waals surface area contributed by atoms with Crippen LogP contribution in [-0.2, 0) is 4.84 Å². The van der Waals surface area contributed by atoms with Crippen LogP contribution in [0.2, 0.25) is 5.02 Å². The highest BCUT2D eigenvalue weighted by Crippen LogP contribution is 2.20. The quantitative estimate of drug-likeness (QED) is 0.878. The molecule has 0 aliphatic carbocycles. The van der Waals surface area contributed by atoms with Crippen molar-refractivity contribution >= 4 is 17.3 Å². The van der Waals surface area contributed by atoms with Gasteiger partial charge in [-0.05, 0) is 38.1 Å². The minimum absolute atomic E-state index is 0.0398. The molecule has 1 heterocycles. The third-order valence-corrected chi connectivity index (χ3v) is 3.68. The fraction of sp³-hybridized carbons (Fsp3) is 0.562. The van der Waals surface area contributed by atoms with E-state index in [0.29, 0.717) is 6.54 Å². The second kappa shape index (κ2) is 6.77. The Hall–Kier alpha value is -1.10. The average molecular weight is 311 g/mol. The highest BCUT2D eigenvalue weighted by Gasteiger charge is 2.26. The summed E-state index contributed by atoms with van der Waals surface area (Å²) in [5.74, 6) is 0. The predicted octanol–water partition coefficient (Wildman–Crippen LogP) is 2.93. The molecule has 21 heavy (non-hydrogen) atoms. The summed E-state index contributed by atoms with van der Waals surface area (Å²) in [5, 5.41) is 14.8. The molecule has 116 valence electrons. The Balaban J connectivity index is 1.90. The zero-order chi connectivity index (χ0) is 15.5.